The molecule has 0 radical (unpaired) electrons. The predicted octanol–water partition coefficient (Wildman–Crippen LogP) is 3.61. The maximum atomic E-state index is 13.8. The van der Waals surface area contributed by atoms with Gasteiger partial charge in [0.1, 0.15) is 11.3 Å². The fraction of sp³-hybridized carbons (Fsp3) is 0.545. The highest BCUT2D eigenvalue weighted by Crippen LogP contribution is 2.53. The Hall–Kier alpha value is -2.36. The lowest BCUT2D eigenvalue weighted by atomic mass is 9.91. The normalized spacial score (nSPS) is 22.4. The van der Waals surface area contributed by atoms with Crippen molar-refractivity contribution in [1.82, 2.24) is 4.90 Å². The Morgan fingerprint density at radius 2 is 1.94 bits per heavy atom. The van der Waals surface area contributed by atoms with Crippen LogP contribution < -0.4 is 15.3 Å². The molecule has 2 heterocycles. The lowest BCUT2D eigenvalue weighted by Gasteiger charge is -2.34. The highest BCUT2D eigenvalue weighted by atomic mass is 32.2. The minimum atomic E-state index is -3.89. The fourth-order valence-electron chi connectivity index (χ4n) is 3.84. The van der Waals surface area contributed by atoms with Crippen LogP contribution in [-0.4, -0.2) is 55.1 Å². The first-order valence-corrected chi connectivity index (χ1v) is 14.5. The number of carbonyl (C=O) groups is 1. The van der Waals surface area contributed by atoms with Crippen LogP contribution >= 0.6 is 7.52 Å². The van der Waals surface area contributed by atoms with Gasteiger partial charge in [0.25, 0.3) is 5.91 Å². The molecule has 10 nitrogen and oxygen atoms in total. The Morgan fingerprint density at radius 1 is 1.29 bits per heavy atom. The van der Waals surface area contributed by atoms with E-state index >= 15 is 0 Å². The van der Waals surface area contributed by atoms with Crippen LogP contribution in [0.15, 0.2) is 34.3 Å². The maximum Gasteiger partial charge on any atom is 0.348 e. The zero-order valence-corrected chi connectivity index (χ0v) is 22.3. The van der Waals surface area contributed by atoms with Crippen molar-refractivity contribution in [3.8, 4) is 0 Å². The van der Waals surface area contributed by atoms with Crippen LogP contribution in [0, 0.1) is 5.41 Å². The van der Waals surface area contributed by atoms with E-state index in [1.807, 2.05) is 0 Å². The van der Waals surface area contributed by atoms with E-state index in [0.29, 0.717) is 12.2 Å². The summed E-state index contributed by atoms with van der Waals surface area (Å²) in [7, 11) is -7.44. The van der Waals surface area contributed by atoms with Gasteiger partial charge in [0.15, 0.2) is 5.84 Å². The van der Waals surface area contributed by atoms with Crippen LogP contribution in [0.2, 0.25) is 0 Å². The molecule has 12 heteroatoms. The number of anilines is 2. The summed E-state index contributed by atoms with van der Waals surface area (Å²) < 4.78 is 49.2. The lowest BCUT2D eigenvalue weighted by Crippen LogP contribution is -2.45. The summed E-state index contributed by atoms with van der Waals surface area (Å²) in [5, 5.41) is 14.2. The summed E-state index contributed by atoms with van der Waals surface area (Å²) in [6.45, 7) is 11.9. The molecule has 1 amide bonds. The molecule has 188 valence electrons. The number of hydrogen-bond donors (Lipinski definition) is 3. The largest absolute Gasteiger partial charge is 0.509 e. The Balaban J connectivity index is 2.06. The number of fused-ring (bicyclic) bond motifs is 1. The van der Waals surface area contributed by atoms with Gasteiger partial charge in [-0.2, -0.15) is 4.76 Å². The van der Waals surface area contributed by atoms with E-state index in [1.165, 1.54) is 18.2 Å². The van der Waals surface area contributed by atoms with E-state index in [4.69, 9.17) is 4.52 Å². The minimum Gasteiger partial charge on any atom is -0.509 e. The Labute approximate surface area is 201 Å². The molecule has 0 spiro atoms. The van der Waals surface area contributed by atoms with Gasteiger partial charge in [0.2, 0.25) is 10.0 Å². The van der Waals surface area contributed by atoms with Crippen molar-refractivity contribution >= 4 is 46.0 Å². The maximum absolute atomic E-state index is 13.8. The Morgan fingerprint density at radius 3 is 2.50 bits per heavy atom. The van der Waals surface area contributed by atoms with Crippen LogP contribution in [0.1, 0.15) is 48.0 Å². The van der Waals surface area contributed by atoms with Crippen LogP contribution in [0.3, 0.4) is 0 Å². The zero-order valence-electron chi connectivity index (χ0n) is 20.6. The standard InChI is InChI=1S/C22H33N4O6PS/c1-8-32-33(29)16-13-14(25-34(7,30)31)9-10-15(16)23-19(24-33)17-18(27)22(5,6)26(20(17)28)12-11-21(2,3)4/h9-10,13,25,27H,8,11-12H2,1-7H3,(H,23,24,29). The van der Waals surface area contributed by atoms with Crippen molar-refractivity contribution in [1.29, 1.82) is 0 Å². The third-order valence-electron chi connectivity index (χ3n) is 5.67. The molecule has 34 heavy (non-hydrogen) atoms. The highest BCUT2D eigenvalue weighted by molar-refractivity contribution is 7.92. The molecule has 2 aliphatic rings. The molecule has 0 aromatic heterocycles. The second-order valence-corrected chi connectivity index (χ2v) is 13.9. The van der Waals surface area contributed by atoms with Gasteiger partial charge in [-0.05, 0) is 50.8 Å². The average molecular weight is 513 g/mol. The number of amidine groups is 1. The summed E-state index contributed by atoms with van der Waals surface area (Å²) in [6.07, 6.45) is 1.73. The van der Waals surface area contributed by atoms with Crippen LogP contribution in [-0.2, 0) is 23.9 Å². The van der Waals surface area contributed by atoms with E-state index in [0.717, 1.165) is 12.7 Å². The number of hydrogen-bond acceptors (Lipinski definition) is 7. The number of sulfonamides is 1. The SMILES string of the molecule is CCOP1(=O)N=C(C2=C(O)C(C)(C)N(CCC(C)(C)C)C2=O)Nc2ccc(NS(C)(=O)=O)cc21. The van der Waals surface area contributed by atoms with Crippen LogP contribution in [0.25, 0.3) is 0 Å². The van der Waals surface area contributed by atoms with E-state index < -0.39 is 29.0 Å². The summed E-state index contributed by atoms with van der Waals surface area (Å²) in [6, 6.07) is 4.42. The molecule has 2 aliphatic heterocycles. The zero-order chi connectivity index (χ0) is 25.7. The molecular formula is C22H33N4O6PS. The molecule has 0 aliphatic carbocycles. The first-order valence-electron chi connectivity index (χ1n) is 11.0. The molecule has 1 unspecified atom stereocenters. The quantitative estimate of drug-likeness (QED) is 0.475. The van der Waals surface area contributed by atoms with Crippen molar-refractivity contribution in [3.63, 3.8) is 0 Å². The number of amides is 1. The summed E-state index contributed by atoms with van der Waals surface area (Å²) in [5.74, 6) is -0.624. The van der Waals surface area contributed by atoms with E-state index in [2.05, 4.69) is 35.6 Å². The van der Waals surface area contributed by atoms with Crippen molar-refractivity contribution in [2.75, 3.05) is 29.4 Å². The summed E-state index contributed by atoms with van der Waals surface area (Å²) >= 11 is 0. The van der Waals surface area contributed by atoms with Gasteiger partial charge in [-0.1, -0.05) is 20.8 Å². The molecule has 0 bridgehead atoms. The molecule has 0 saturated carbocycles. The van der Waals surface area contributed by atoms with Gasteiger partial charge >= 0.3 is 7.52 Å². The van der Waals surface area contributed by atoms with E-state index in [9.17, 15) is 22.9 Å². The third-order valence-corrected chi connectivity index (χ3v) is 8.32. The first-order chi connectivity index (χ1) is 15.5. The predicted molar refractivity (Wildman–Crippen MR) is 134 cm³/mol. The van der Waals surface area contributed by atoms with Crippen molar-refractivity contribution in [2.45, 2.75) is 53.5 Å². The first kappa shape index (κ1) is 26.2. The smallest absolute Gasteiger partial charge is 0.348 e. The number of benzene rings is 1. The molecule has 1 aromatic rings. The van der Waals surface area contributed by atoms with Gasteiger partial charge in [-0.15, -0.1) is 0 Å². The van der Waals surface area contributed by atoms with Gasteiger partial charge in [0.05, 0.1) is 29.4 Å². The molecule has 3 rings (SSSR count). The van der Waals surface area contributed by atoms with Gasteiger partial charge in [-0.3, -0.25) is 14.1 Å². The third kappa shape index (κ3) is 5.16. The molecule has 0 saturated heterocycles. The fourth-order valence-corrected chi connectivity index (χ4v) is 6.20. The number of aliphatic hydroxyl groups excluding tert-OH is 1. The molecule has 3 N–H and O–H groups in total. The highest BCUT2D eigenvalue weighted by Gasteiger charge is 2.49. The number of carbonyl (C=O) groups excluding carboxylic acids is 1. The monoisotopic (exact) mass is 512 g/mol. The van der Waals surface area contributed by atoms with Gasteiger partial charge in [0, 0.05) is 12.2 Å². The summed E-state index contributed by atoms with van der Waals surface area (Å²) in [5.41, 5.74) is -0.490. The van der Waals surface area contributed by atoms with Crippen molar-refractivity contribution in [2.24, 2.45) is 10.2 Å². The van der Waals surface area contributed by atoms with Gasteiger partial charge in [-0.25, -0.2) is 8.42 Å². The van der Waals surface area contributed by atoms with E-state index in [-0.39, 0.29) is 40.2 Å². The van der Waals surface area contributed by atoms with Crippen molar-refractivity contribution in [3.05, 3.63) is 29.5 Å². The number of nitrogens with zero attached hydrogens (tertiary/aromatic N) is 2. The average Bonchev–Trinajstić information content (AvgIpc) is 2.83. The second kappa shape index (κ2) is 8.70. The van der Waals surface area contributed by atoms with Crippen LogP contribution in [0.4, 0.5) is 11.4 Å². The Kier molecular flexibility index (Phi) is 6.71. The van der Waals surface area contributed by atoms with Gasteiger partial charge < -0.3 is 19.8 Å². The minimum absolute atomic E-state index is 0.0172. The Bertz CT molecular complexity index is 1230. The molecule has 0 fully saturated rings. The number of rotatable bonds is 7. The topological polar surface area (TPSA) is 137 Å². The van der Waals surface area contributed by atoms with E-state index in [1.54, 1.807) is 25.7 Å². The molecule has 1 atom stereocenters. The molecular weight excluding hydrogens is 479 g/mol. The lowest BCUT2D eigenvalue weighted by molar-refractivity contribution is -0.129. The second-order valence-electron chi connectivity index (χ2n) is 10.2. The van der Waals surface area contributed by atoms with Crippen molar-refractivity contribution < 1.29 is 27.4 Å². The molecule has 1 aromatic carbocycles. The number of nitrogens with one attached hydrogen (secondary N) is 2. The summed E-state index contributed by atoms with van der Waals surface area (Å²) in [4.78, 5) is 15.0. The van der Waals surface area contributed by atoms with Crippen LogP contribution in [0.5, 0.6) is 0 Å². The number of aliphatic hydroxyl groups is 1.